The normalized spacial score (nSPS) is 13.8. The highest BCUT2D eigenvalue weighted by molar-refractivity contribution is 5.92. The molecule has 1 aliphatic rings. The maximum Gasteiger partial charge on any atom is 0.409 e. The zero-order chi connectivity index (χ0) is 19.9. The van der Waals surface area contributed by atoms with Crippen molar-refractivity contribution < 1.29 is 19.1 Å². The third-order valence-corrected chi connectivity index (χ3v) is 4.29. The van der Waals surface area contributed by atoms with Crippen LogP contribution in [0, 0.1) is 0 Å². The van der Waals surface area contributed by atoms with Crippen LogP contribution in [0.2, 0.25) is 0 Å². The second-order valence-corrected chi connectivity index (χ2v) is 6.10. The summed E-state index contributed by atoms with van der Waals surface area (Å²) < 4.78 is 10.2. The molecule has 1 aromatic heterocycles. The van der Waals surface area contributed by atoms with Crippen LogP contribution >= 0.6 is 0 Å². The second-order valence-electron chi connectivity index (χ2n) is 6.10. The fourth-order valence-electron chi connectivity index (χ4n) is 2.84. The molecule has 1 N–H and O–H groups in total. The van der Waals surface area contributed by atoms with Crippen LogP contribution < -0.4 is 10.1 Å². The Hall–Kier alpha value is -3.36. The number of methoxy groups -OCH3 is 1. The summed E-state index contributed by atoms with van der Waals surface area (Å²) in [6, 6.07) is 8.93. The Bertz CT molecular complexity index is 837. The largest absolute Gasteiger partial charge is 0.497 e. The molecule has 0 aliphatic carbocycles. The molecule has 0 bridgehead atoms. The zero-order valence-electron chi connectivity index (χ0n) is 15.9. The van der Waals surface area contributed by atoms with E-state index in [0.717, 1.165) is 5.69 Å². The summed E-state index contributed by atoms with van der Waals surface area (Å²) in [4.78, 5) is 36.3. The van der Waals surface area contributed by atoms with E-state index in [9.17, 15) is 9.59 Å². The lowest BCUT2D eigenvalue weighted by Crippen LogP contribution is -2.50. The number of amides is 2. The summed E-state index contributed by atoms with van der Waals surface area (Å²) in [5.41, 5.74) is 1.05. The molecule has 0 radical (unpaired) electrons. The number of hydrogen-bond donors (Lipinski definition) is 1. The van der Waals surface area contributed by atoms with Gasteiger partial charge in [-0.15, -0.1) is 0 Å². The van der Waals surface area contributed by atoms with Crippen LogP contribution in [0.4, 0.5) is 16.4 Å². The smallest absolute Gasteiger partial charge is 0.409 e. The van der Waals surface area contributed by atoms with Crippen molar-refractivity contribution in [3.8, 4) is 5.75 Å². The van der Waals surface area contributed by atoms with Crippen LogP contribution in [0.1, 0.15) is 17.4 Å². The summed E-state index contributed by atoms with van der Waals surface area (Å²) in [7, 11) is 1.59. The molecule has 1 fully saturated rings. The number of anilines is 2. The molecule has 1 saturated heterocycles. The number of aromatic nitrogens is 2. The van der Waals surface area contributed by atoms with E-state index in [-0.39, 0.29) is 12.0 Å². The molecule has 2 amide bonds. The molecule has 9 heteroatoms. The van der Waals surface area contributed by atoms with Crippen molar-refractivity contribution in [2.24, 2.45) is 0 Å². The lowest BCUT2D eigenvalue weighted by Gasteiger charge is -2.33. The van der Waals surface area contributed by atoms with Gasteiger partial charge in [0.05, 0.1) is 13.7 Å². The van der Waals surface area contributed by atoms with E-state index < -0.39 is 0 Å². The van der Waals surface area contributed by atoms with E-state index in [4.69, 9.17) is 9.47 Å². The molecule has 3 rings (SSSR count). The Morgan fingerprint density at radius 1 is 1.14 bits per heavy atom. The van der Waals surface area contributed by atoms with E-state index in [1.807, 2.05) is 24.3 Å². The first-order valence-corrected chi connectivity index (χ1v) is 9.06. The summed E-state index contributed by atoms with van der Waals surface area (Å²) >= 11 is 0. The third-order valence-electron chi connectivity index (χ3n) is 4.29. The lowest BCUT2D eigenvalue weighted by atomic mass is 10.2. The van der Waals surface area contributed by atoms with E-state index in [1.54, 1.807) is 29.9 Å². The monoisotopic (exact) mass is 385 g/mol. The maximum atomic E-state index is 12.8. The number of carbonyl (C=O) groups is 2. The Morgan fingerprint density at radius 3 is 2.61 bits per heavy atom. The molecule has 0 atom stereocenters. The molecule has 1 aliphatic heterocycles. The van der Waals surface area contributed by atoms with Gasteiger partial charge in [-0.3, -0.25) is 4.79 Å². The van der Waals surface area contributed by atoms with Gasteiger partial charge in [0.2, 0.25) is 5.95 Å². The lowest BCUT2D eigenvalue weighted by molar-refractivity contribution is 0.0566. The van der Waals surface area contributed by atoms with Crippen molar-refractivity contribution in [1.29, 1.82) is 0 Å². The number of nitrogens with zero attached hydrogens (tertiary/aromatic N) is 4. The molecule has 0 spiro atoms. The van der Waals surface area contributed by atoms with Crippen LogP contribution in [0.25, 0.3) is 0 Å². The molecule has 1 aromatic carbocycles. The fraction of sp³-hybridized carbons (Fsp3) is 0.368. The molecule has 2 heterocycles. The average Bonchev–Trinajstić information content (AvgIpc) is 2.74. The van der Waals surface area contributed by atoms with Gasteiger partial charge in [0, 0.05) is 44.1 Å². The first-order chi connectivity index (χ1) is 13.6. The van der Waals surface area contributed by atoms with Crippen molar-refractivity contribution in [1.82, 2.24) is 19.8 Å². The standard InChI is InChI=1S/C19H23N5O4/c1-3-28-19(26)24-11-9-23(10-12-24)17(25)16-7-8-20-18(22-16)21-14-5-4-6-15(13-14)27-2/h4-8,13H,3,9-12H2,1-2H3,(H,20,21,22). The molecule has 148 valence electrons. The summed E-state index contributed by atoms with van der Waals surface area (Å²) in [5.74, 6) is 0.834. The van der Waals surface area contributed by atoms with Crippen LogP contribution in [0.3, 0.4) is 0 Å². The molecular weight excluding hydrogens is 362 g/mol. The average molecular weight is 385 g/mol. The van der Waals surface area contributed by atoms with Crippen molar-refractivity contribution in [3.05, 3.63) is 42.2 Å². The van der Waals surface area contributed by atoms with Gasteiger partial charge in [0.25, 0.3) is 5.91 Å². The Balaban J connectivity index is 1.63. The number of benzene rings is 1. The SMILES string of the molecule is CCOC(=O)N1CCN(C(=O)c2ccnc(Nc3cccc(OC)c3)n2)CC1. The van der Waals surface area contributed by atoms with Gasteiger partial charge in [0.15, 0.2) is 0 Å². The minimum Gasteiger partial charge on any atom is -0.497 e. The van der Waals surface area contributed by atoms with Gasteiger partial charge in [-0.05, 0) is 25.1 Å². The number of nitrogens with one attached hydrogen (secondary N) is 1. The minimum atomic E-state index is -0.346. The number of carbonyl (C=O) groups excluding carboxylic acids is 2. The quantitative estimate of drug-likeness (QED) is 0.842. The van der Waals surface area contributed by atoms with E-state index >= 15 is 0 Å². The van der Waals surface area contributed by atoms with Crippen LogP contribution in [0.15, 0.2) is 36.5 Å². The third kappa shape index (κ3) is 4.67. The van der Waals surface area contributed by atoms with Gasteiger partial charge in [-0.2, -0.15) is 0 Å². The van der Waals surface area contributed by atoms with Gasteiger partial charge in [-0.25, -0.2) is 14.8 Å². The molecule has 9 nitrogen and oxygen atoms in total. The van der Waals surface area contributed by atoms with Gasteiger partial charge < -0.3 is 24.6 Å². The van der Waals surface area contributed by atoms with Crippen molar-refractivity contribution in [2.75, 3.05) is 45.2 Å². The first kappa shape index (κ1) is 19.4. The topological polar surface area (TPSA) is 96.9 Å². The second kappa shape index (κ2) is 9.03. The van der Waals surface area contributed by atoms with Crippen molar-refractivity contribution >= 4 is 23.6 Å². The number of rotatable bonds is 5. The van der Waals surface area contributed by atoms with E-state index in [2.05, 4.69) is 15.3 Å². The highest BCUT2D eigenvalue weighted by Crippen LogP contribution is 2.19. The van der Waals surface area contributed by atoms with Gasteiger partial charge in [0.1, 0.15) is 11.4 Å². The van der Waals surface area contributed by atoms with Gasteiger partial charge >= 0.3 is 6.09 Å². The molecular formula is C19H23N5O4. The van der Waals surface area contributed by atoms with Crippen LogP contribution in [0.5, 0.6) is 5.75 Å². The molecule has 2 aromatic rings. The molecule has 0 saturated carbocycles. The first-order valence-electron chi connectivity index (χ1n) is 9.06. The highest BCUT2D eigenvalue weighted by Gasteiger charge is 2.26. The zero-order valence-corrected chi connectivity index (χ0v) is 15.9. The molecule has 28 heavy (non-hydrogen) atoms. The van der Waals surface area contributed by atoms with Crippen LogP contribution in [-0.2, 0) is 4.74 Å². The maximum absolute atomic E-state index is 12.8. The Labute approximate surface area is 163 Å². The van der Waals surface area contributed by atoms with E-state index in [1.165, 1.54) is 6.20 Å². The Kier molecular flexibility index (Phi) is 6.25. The number of hydrogen-bond acceptors (Lipinski definition) is 7. The summed E-state index contributed by atoms with van der Waals surface area (Å²) in [6.07, 6.45) is 1.19. The van der Waals surface area contributed by atoms with Crippen molar-refractivity contribution in [2.45, 2.75) is 6.92 Å². The number of piperazine rings is 1. The summed E-state index contributed by atoms with van der Waals surface area (Å²) in [5, 5.41) is 3.07. The number of ether oxygens (including phenoxy) is 2. The highest BCUT2D eigenvalue weighted by atomic mass is 16.6. The van der Waals surface area contributed by atoms with Gasteiger partial charge in [-0.1, -0.05) is 6.07 Å². The summed E-state index contributed by atoms with van der Waals surface area (Å²) in [6.45, 7) is 3.83. The minimum absolute atomic E-state index is 0.195. The predicted molar refractivity (Wildman–Crippen MR) is 103 cm³/mol. The fourth-order valence-corrected chi connectivity index (χ4v) is 2.84. The van der Waals surface area contributed by atoms with E-state index in [0.29, 0.717) is 50.2 Å². The van der Waals surface area contributed by atoms with Crippen molar-refractivity contribution in [3.63, 3.8) is 0 Å². The predicted octanol–water partition coefficient (Wildman–Crippen LogP) is 2.14. The van der Waals surface area contributed by atoms with Crippen LogP contribution in [-0.4, -0.2) is 71.7 Å². The molecule has 0 unspecified atom stereocenters. The Morgan fingerprint density at radius 2 is 1.89 bits per heavy atom.